The standard InChI is InChI=1S/C36H58O11/c1-31(19-46-29-28(43)27(42)26(41)22(16-37)47-29)11-12-35(30(44)45)13-14-36(18-39)20(21(35)15-31)5-6-24-32(2)9-8-25(40)33(3,17-38)23(32)7-10-34(24,36)4/h5,21-29,37-43H,6-19H2,1-4H3,(H,44,45)/t21-,22+,23-,24+,25-,26+,27-,28+,29-,31+,32-,33-,34+,35-,36-/m0/s1. The van der Waals surface area contributed by atoms with Gasteiger partial charge in [0.25, 0.3) is 0 Å². The van der Waals surface area contributed by atoms with Gasteiger partial charge in [-0.1, -0.05) is 39.3 Å². The number of aliphatic hydroxyl groups is 7. The molecule has 0 aromatic rings. The number of hydrogen-bond donors (Lipinski definition) is 8. The van der Waals surface area contributed by atoms with Crippen LogP contribution in [0.15, 0.2) is 11.6 Å². The summed E-state index contributed by atoms with van der Waals surface area (Å²) in [6.45, 7) is 8.11. The van der Waals surface area contributed by atoms with Crippen LogP contribution in [0.4, 0.5) is 0 Å². The van der Waals surface area contributed by atoms with E-state index in [2.05, 4.69) is 19.9 Å². The highest BCUT2D eigenvalue weighted by molar-refractivity contribution is 5.76. The van der Waals surface area contributed by atoms with E-state index in [9.17, 15) is 45.6 Å². The molecule has 15 atom stereocenters. The van der Waals surface area contributed by atoms with Crippen molar-refractivity contribution < 1.29 is 55.1 Å². The van der Waals surface area contributed by atoms with E-state index in [-0.39, 0.29) is 48.4 Å². The number of aliphatic hydroxyl groups excluding tert-OH is 7. The Labute approximate surface area is 278 Å². The van der Waals surface area contributed by atoms with Crippen molar-refractivity contribution in [1.29, 1.82) is 0 Å². The molecule has 1 heterocycles. The fourth-order valence-electron chi connectivity index (χ4n) is 12.3. The van der Waals surface area contributed by atoms with Crippen molar-refractivity contribution >= 4 is 5.97 Å². The Bertz CT molecular complexity index is 1240. The van der Waals surface area contributed by atoms with Gasteiger partial charge in [-0.25, -0.2) is 0 Å². The summed E-state index contributed by atoms with van der Waals surface area (Å²) in [6, 6.07) is 0. The fraction of sp³-hybridized carbons (Fsp3) is 0.917. The number of ether oxygens (including phenoxy) is 2. The highest BCUT2D eigenvalue weighted by Crippen LogP contribution is 2.75. The number of allylic oxidation sites excluding steroid dienone is 1. The maximum atomic E-state index is 13.2. The molecule has 0 bridgehead atoms. The molecule has 0 aromatic carbocycles. The van der Waals surface area contributed by atoms with E-state index in [1.807, 2.05) is 13.8 Å². The van der Waals surface area contributed by atoms with Crippen molar-refractivity contribution in [2.24, 2.45) is 50.2 Å². The molecule has 11 nitrogen and oxygen atoms in total. The Morgan fingerprint density at radius 2 is 1.57 bits per heavy atom. The third-order valence-corrected chi connectivity index (χ3v) is 15.4. The molecule has 1 aliphatic heterocycles. The smallest absolute Gasteiger partial charge is 0.310 e. The molecule has 4 saturated carbocycles. The van der Waals surface area contributed by atoms with Crippen molar-refractivity contribution in [3.63, 3.8) is 0 Å². The van der Waals surface area contributed by atoms with Crippen LogP contribution in [0.5, 0.6) is 0 Å². The van der Waals surface area contributed by atoms with E-state index in [0.29, 0.717) is 38.5 Å². The van der Waals surface area contributed by atoms with Crippen LogP contribution >= 0.6 is 0 Å². The van der Waals surface area contributed by atoms with Gasteiger partial charge in [-0.05, 0) is 98.2 Å². The van der Waals surface area contributed by atoms with E-state index in [1.54, 1.807) is 0 Å². The number of carbonyl (C=O) groups is 1. The molecule has 0 amide bonds. The second-order valence-corrected chi connectivity index (χ2v) is 17.5. The van der Waals surface area contributed by atoms with E-state index in [0.717, 1.165) is 31.3 Å². The van der Waals surface area contributed by atoms with Gasteiger partial charge < -0.3 is 50.3 Å². The van der Waals surface area contributed by atoms with Crippen molar-refractivity contribution in [2.75, 3.05) is 26.4 Å². The largest absolute Gasteiger partial charge is 0.481 e. The van der Waals surface area contributed by atoms with E-state index < -0.39 is 71.0 Å². The summed E-state index contributed by atoms with van der Waals surface area (Å²) in [5, 5.41) is 84.5. The normalized spacial score (nSPS) is 54.4. The number of fused-ring (bicyclic) bond motifs is 7. The first-order valence-electron chi connectivity index (χ1n) is 17.8. The maximum absolute atomic E-state index is 13.2. The summed E-state index contributed by atoms with van der Waals surface area (Å²) >= 11 is 0. The molecule has 268 valence electrons. The van der Waals surface area contributed by atoms with E-state index in [4.69, 9.17) is 9.47 Å². The predicted molar refractivity (Wildman–Crippen MR) is 170 cm³/mol. The zero-order valence-electron chi connectivity index (χ0n) is 28.5. The minimum absolute atomic E-state index is 0.0723. The van der Waals surface area contributed by atoms with E-state index >= 15 is 0 Å². The Hall–Kier alpha value is -1.15. The monoisotopic (exact) mass is 666 g/mol. The Morgan fingerprint density at radius 3 is 2.21 bits per heavy atom. The maximum Gasteiger partial charge on any atom is 0.310 e. The topological polar surface area (TPSA) is 197 Å². The first kappa shape index (κ1) is 35.7. The number of hydrogen-bond acceptors (Lipinski definition) is 10. The molecule has 0 spiro atoms. The van der Waals surface area contributed by atoms with Crippen LogP contribution in [0.1, 0.15) is 91.9 Å². The second-order valence-electron chi connectivity index (χ2n) is 17.5. The number of aliphatic carboxylic acids is 1. The average molecular weight is 667 g/mol. The van der Waals surface area contributed by atoms with Crippen LogP contribution < -0.4 is 0 Å². The molecule has 6 aliphatic rings. The summed E-state index contributed by atoms with van der Waals surface area (Å²) in [5.74, 6) is -0.816. The van der Waals surface area contributed by atoms with Gasteiger partial charge in [-0.15, -0.1) is 0 Å². The Balaban J connectivity index is 1.32. The lowest BCUT2D eigenvalue weighted by atomic mass is 9.33. The highest BCUT2D eigenvalue weighted by Gasteiger charge is 2.71. The molecule has 0 unspecified atom stereocenters. The molecular formula is C36H58O11. The first-order valence-corrected chi connectivity index (χ1v) is 17.8. The molecule has 8 N–H and O–H groups in total. The van der Waals surface area contributed by atoms with Gasteiger partial charge in [0.05, 0.1) is 37.9 Å². The summed E-state index contributed by atoms with van der Waals surface area (Å²) in [6.07, 6.45) is 1.21. The molecule has 0 radical (unpaired) electrons. The fourth-order valence-corrected chi connectivity index (χ4v) is 12.3. The number of carboxylic acids is 1. The van der Waals surface area contributed by atoms with Gasteiger partial charge in [0.15, 0.2) is 6.29 Å². The van der Waals surface area contributed by atoms with Crippen LogP contribution in [0, 0.1) is 50.2 Å². The summed E-state index contributed by atoms with van der Waals surface area (Å²) in [5.41, 5.74) is -2.09. The number of carboxylic acid groups (broad SMARTS) is 1. The number of rotatable bonds is 7. The van der Waals surface area contributed by atoms with Gasteiger partial charge in [-0.3, -0.25) is 4.79 Å². The van der Waals surface area contributed by atoms with Gasteiger partial charge in [0, 0.05) is 10.8 Å². The molecule has 6 rings (SSSR count). The summed E-state index contributed by atoms with van der Waals surface area (Å²) in [4.78, 5) is 13.2. The van der Waals surface area contributed by atoms with Gasteiger partial charge in [-0.2, -0.15) is 0 Å². The molecule has 5 fully saturated rings. The average Bonchev–Trinajstić information content (AvgIpc) is 3.04. The molecule has 0 aromatic heterocycles. The van der Waals surface area contributed by atoms with Crippen LogP contribution in [0.2, 0.25) is 0 Å². The minimum Gasteiger partial charge on any atom is -0.481 e. The van der Waals surface area contributed by atoms with E-state index in [1.165, 1.54) is 0 Å². The van der Waals surface area contributed by atoms with Gasteiger partial charge >= 0.3 is 5.97 Å². The molecule has 11 heteroatoms. The van der Waals surface area contributed by atoms with Crippen molar-refractivity contribution in [1.82, 2.24) is 0 Å². The lowest BCUT2D eigenvalue weighted by molar-refractivity contribution is -0.307. The van der Waals surface area contributed by atoms with Crippen molar-refractivity contribution in [3.8, 4) is 0 Å². The highest BCUT2D eigenvalue weighted by atomic mass is 16.7. The zero-order valence-corrected chi connectivity index (χ0v) is 28.5. The molecule has 5 aliphatic carbocycles. The van der Waals surface area contributed by atoms with Crippen LogP contribution in [0.25, 0.3) is 0 Å². The summed E-state index contributed by atoms with van der Waals surface area (Å²) in [7, 11) is 0. The SMILES string of the molecule is C[C@@]1(CO[C@H]2O[C@H](CO)[C@@H](O)[C@H](O)[C@H]2O)CC[C@]2(C(=O)O)CC[C@]3(CO)C(=CC[C@@H]4[C@@]5(C)CC[C@H](O)[C@@](C)(CO)[C@H]5CC[C@]43C)[C@@H]2C1. The van der Waals surface area contributed by atoms with Crippen LogP contribution in [-0.4, -0.2) is 110 Å². The third-order valence-electron chi connectivity index (χ3n) is 15.4. The lowest BCUT2D eigenvalue weighted by Gasteiger charge is -2.71. The lowest BCUT2D eigenvalue weighted by Crippen LogP contribution is -2.67. The van der Waals surface area contributed by atoms with Crippen molar-refractivity contribution in [2.45, 2.75) is 129 Å². The molecular weight excluding hydrogens is 608 g/mol. The Morgan fingerprint density at radius 1 is 0.872 bits per heavy atom. The molecule has 47 heavy (non-hydrogen) atoms. The van der Waals surface area contributed by atoms with Crippen LogP contribution in [-0.2, 0) is 14.3 Å². The molecule has 1 saturated heterocycles. The Kier molecular flexibility index (Phi) is 9.09. The van der Waals surface area contributed by atoms with Crippen LogP contribution in [0.3, 0.4) is 0 Å². The first-order chi connectivity index (χ1) is 22.0. The minimum atomic E-state index is -1.55. The van der Waals surface area contributed by atoms with Gasteiger partial charge in [0.1, 0.15) is 24.4 Å². The van der Waals surface area contributed by atoms with Gasteiger partial charge in [0.2, 0.25) is 0 Å². The second kappa shape index (κ2) is 12.0. The third kappa shape index (κ3) is 4.88. The summed E-state index contributed by atoms with van der Waals surface area (Å²) < 4.78 is 11.7. The quantitative estimate of drug-likeness (QED) is 0.185. The predicted octanol–water partition coefficient (Wildman–Crippen LogP) is 1.97. The van der Waals surface area contributed by atoms with Crippen molar-refractivity contribution in [3.05, 3.63) is 11.6 Å². The zero-order chi connectivity index (χ0) is 34.4.